The lowest BCUT2D eigenvalue weighted by Gasteiger charge is -2.18. The Hall–Kier alpha value is -2.89. The van der Waals surface area contributed by atoms with E-state index in [4.69, 9.17) is 14.2 Å². The second-order valence-electron chi connectivity index (χ2n) is 20.6. The van der Waals surface area contributed by atoms with Crippen molar-refractivity contribution in [3.63, 3.8) is 0 Å². The number of unbranched alkanes of at least 4 members (excludes halogenated alkanes) is 35. The molecule has 0 aliphatic carbocycles. The fraction of sp³-hybridized carbons (Fsp3) is 0.800. The lowest BCUT2D eigenvalue weighted by atomic mass is 10.0. The lowest BCUT2D eigenvalue weighted by Crippen LogP contribution is -2.30. The van der Waals surface area contributed by atoms with Gasteiger partial charge in [0.25, 0.3) is 0 Å². The maximum absolute atomic E-state index is 12.7. The van der Waals surface area contributed by atoms with Crippen LogP contribution in [0, 0.1) is 0 Å². The molecule has 71 heavy (non-hydrogen) atoms. The second-order valence-corrected chi connectivity index (χ2v) is 20.6. The van der Waals surface area contributed by atoms with E-state index in [9.17, 15) is 14.4 Å². The maximum Gasteiger partial charge on any atom is 0.306 e. The van der Waals surface area contributed by atoms with Crippen LogP contribution in [-0.2, 0) is 28.6 Å². The molecular weight excluding hydrogens is 877 g/mol. The maximum atomic E-state index is 12.7. The van der Waals surface area contributed by atoms with Crippen LogP contribution >= 0.6 is 0 Å². The largest absolute Gasteiger partial charge is 0.462 e. The highest BCUT2D eigenvalue weighted by Gasteiger charge is 2.19. The van der Waals surface area contributed by atoms with Crippen molar-refractivity contribution in [3.8, 4) is 0 Å². The topological polar surface area (TPSA) is 78.9 Å². The van der Waals surface area contributed by atoms with Crippen molar-refractivity contribution in [2.24, 2.45) is 0 Å². The molecule has 0 fully saturated rings. The quantitative estimate of drug-likeness (QED) is 0.0261. The predicted octanol–water partition coefficient (Wildman–Crippen LogP) is 20.8. The van der Waals surface area contributed by atoms with E-state index in [1.54, 1.807) is 0 Å². The van der Waals surface area contributed by atoms with Gasteiger partial charge >= 0.3 is 17.9 Å². The molecule has 6 nitrogen and oxygen atoms in total. The first-order valence-electron chi connectivity index (χ1n) is 30.8. The van der Waals surface area contributed by atoms with Crippen molar-refractivity contribution in [1.82, 2.24) is 0 Å². The van der Waals surface area contributed by atoms with Gasteiger partial charge in [0.1, 0.15) is 13.2 Å². The molecule has 0 bridgehead atoms. The molecular formula is C65H116O6. The average Bonchev–Trinajstić information content (AvgIpc) is 3.37. The number of hydrogen-bond donors (Lipinski definition) is 0. The Kier molecular flexibility index (Phi) is 57.2. The van der Waals surface area contributed by atoms with Crippen LogP contribution in [0.2, 0.25) is 0 Å². The van der Waals surface area contributed by atoms with Crippen molar-refractivity contribution in [3.05, 3.63) is 60.8 Å². The monoisotopic (exact) mass is 993 g/mol. The van der Waals surface area contributed by atoms with Crippen LogP contribution in [0.5, 0.6) is 0 Å². The van der Waals surface area contributed by atoms with Crippen LogP contribution in [0.1, 0.15) is 316 Å². The number of rotatable bonds is 56. The molecule has 0 radical (unpaired) electrons. The van der Waals surface area contributed by atoms with Crippen LogP contribution in [0.25, 0.3) is 0 Å². The van der Waals surface area contributed by atoms with Gasteiger partial charge < -0.3 is 14.2 Å². The van der Waals surface area contributed by atoms with Crippen LogP contribution < -0.4 is 0 Å². The summed E-state index contributed by atoms with van der Waals surface area (Å²) in [6, 6.07) is 0. The molecule has 0 N–H and O–H groups in total. The first-order valence-corrected chi connectivity index (χ1v) is 30.8. The van der Waals surface area contributed by atoms with E-state index in [0.717, 1.165) is 96.3 Å². The Balaban J connectivity index is 3.86. The van der Waals surface area contributed by atoms with Gasteiger partial charge in [0.15, 0.2) is 6.10 Å². The smallest absolute Gasteiger partial charge is 0.306 e. The van der Waals surface area contributed by atoms with E-state index in [1.807, 2.05) is 0 Å². The van der Waals surface area contributed by atoms with Crippen LogP contribution in [0.4, 0.5) is 0 Å². The molecule has 0 amide bonds. The van der Waals surface area contributed by atoms with Crippen molar-refractivity contribution in [1.29, 1.82) is 0 Å². The summed E-state index contributed by atoms with van der Waals surface area (Å²) in [6.45, 7) is 6.47. The third-order valence-electron chi connectivity index (χ3n) is 13.5. The Bertz CT molecular complexity index is 1280. The molecule has 1 unspecified atom stereocenters. The van der Waals surface area contributed by atoms with Crippen molar-refractivity contribution >= 4 is 17.9 Å². The minimum atomic E-state index is -0.764. The molecule has 0 aromatic rings. The van der Waals surface area contributed by atoms with Crippen LogP contribution in [-0.4, -0.2) is 37.2 Å². The van der Waals surface area contributed by atoms with Gasteiger partial charge in [-0.15, -0.1) is 0 Å². The SMILES string of the molecule is CC/C=C\C/C=C\C/C=C\C/C=C\C/C=C\CCCCCCCCCCCCCCCCCCCCCC(=O)OCC(COC(=O)CCCCCCC)OC(=O)CCCCCCCCCCCCCCC. The van der Waals surface area contributed by atoms with Crippen LogP contribution in [0.15, 0.2) is 60.8 Å². The molecule has 0 aliphatic heterocycles. The lowest BCUT2D eigenvalue weighted by molar-refractivity contribution is -0.167. The fourth-order valence-corrected chi connectivity index (χ4v) is 8.94. The molecule has 6 heteroatoms. The fourth-order valence-electron chi connectivity index (χ4n) is 8.94. The third-order valence-corrected chi connectivity index (χ3v) is 13.5. The zero-order valence-corrected chi connectivity index (χ0v) is 47.2. The highest BCUT2D eigenvalue weighted by atomic mass is 16.6. The summed E-state index contributed by atoms with van der Waals surface area (Å²) < 4.78 is 16.7. The Labute approximate surface area is 440 Å². The van der Waals surface area contributed by atoms with Gasteiger partial charge in [0.05, 0.1) is 0 Å². The average molecular weight is 994 g/mol. The van der Waals surface area contributed by atoms with Gasteiger partial charge in [-0.2, -0.15) is 0 Å². The second kappa shape index (κ2) is 59.7. The van der Waals surface area contributed by atoms with Gasteiger partial charge in [-0.1, -0.05) is 293 Å². The molecule has 0 spiro atoms. The van der Waals surface area contributed by atoms with E-state index < -0.39 is 6.10 Å². The number of hydrogen-bond acceptors (Lipinski definition) is 6. The summed E-state index contributed by atoms with van der Waals surface area (Å²) in [6.07, 6.45) is 75.8. The van der Waals surface area contributed by atoms with Crippen molar-refractivity contribution < 1.29 is 28.6 Å². The normalized spacial score (nSPS) is 12.4. The predicted molar refractivity (Wildman–Crippen MR) is 307 cm³/mol. The highest BCUT2D eigenvalue weighted by molar-refractivity contribution is 5.71. The summed E-state index contributed by atoms with van der Waals surface area (Å²) in [4.78, 5) is 37.8. The first-order chi connectivity index (χ1) is 35.0. The first kappa shape index (κ1) is 68.1. The number of allylic oxidation sites excluding steroid dienone is 10. The van der Waals surface area contributed by atoms with E-state index in [1.165, 1.54) is 180 Å². The summed E-state index contributed by atoms with van der Waals surface area (Å²) in [5.74, 6) is -0.867. The third kappa shape index (κ3) is 57.9. The van der Waals surface area contributed by atoms with Gasteiger partial charge in [-0.3, -0.25) is 14.4 Å². The number of esters is 3. The molecule has 0 saturated carbocycles. The Morgan fingerprint density at radius 1 is 0.296 bits per heavy atom. The van der Waals surface area contributed by atoms with E-state index in [0.29, 0.717) is 19.3 Å². The number of carbonyl (C=O) groups excluding carboxylic acids is 3. The zero-order valence-electron chi connectivity index (χ0n) is 47.2. The van der Waals surface area contributed by atoms with Gasteiger partial charge in [0.2, 0.25) is 0 Å². The molecule has 0 aromatic heterocycles. The molecule has 0 saturated heterocycles. The standard InChI is InChI=1S/C65H116O6/c1-4-7-10-13-15-17-19-21-22-23-24-25-26-27-28-29-30-31-32-33-34-35-36-37-38-39-40-41-42-44-45-47-49-52-55-58-64(67)70-61-62(60-69-63(66)57-54-51-12-9-6-3)71-65(68)59-56-53-50-48-46-43-20-18-16-14-11-8-5-2/h7,10,15,17,21-22,24-25,27-28,62H,4-6,8-9,11-14,16,18-20,23,26,29-61H2,1-3H3/b10-7-,17-15-,22-21-,25-24-,28-27-. The van der Waals surface area contributed by atoms with E-state index in [-0.39, 0.29) is 31.1 Å². The highest BCUT2D eigenvalue weighted by Crippen LogP contribution is 2.17. The molecule has 412 valence electrons. The van der Waals surface area contributed by atoms with E-state index in [2.05, 4.69) is 81.5 Å². The van der Waals surface area contributed by atoms with Gasteiger partial charge in [0, 0.05) is 19.3 Å². The number of carbonyl (C=O) groups is 3. The number of ether oxygens (including phenoxy) is 3. The summed E-state index contributed by atoms with van der Waals surface area (Å²) >= 11 is 0. The molecule has 0 rings (SSSR count). The zero-order chi connectivity index (χ0) is 51.4. The Morgan fingerprint density at radius 3 is 0.859 bits per heavy atom. The molecule has 0 aromatic carbocycles. The van der Waals surface area contributed by atoms with E-state index >= 15 is 0 Å². The molecule has 0 aliphatic rings. The van der Waals surface area contributed by atoms with Crippen molar-refractivity contribution in [2.75, 3.05) is 13.2 Å². The molecule has 0 heterocycles. The van der Waals surface area contributed by atoms with Crippen molar-refractivity contribution in [2.45, 2.75) is 322 Å². The van der Waals surface area contributed by atoms with Gasteiger partial charge in [-0.25, -0.2) is 0 Å². The summed E-state index contributed by atoms with van der Waals surface area (Å²) in [7, 11) is 0. The summed E-state index contributed by atoms with van der Waals surface area (Å²) in [5.41, 5.74) is 0. The van der Waals surface area contributed by atoms with Crippen LogP contribution in [0.3, 0.4) is 0 Å². The van der Waals surface area contributed by atoms with Gasteiger partial charge in [-0.05, 0) is 64.2 Å². The summed E-state index contributed by atoms with van der Waals surface area (Å²) in [5, 5.41) is 0. The Morgan fingerprint density at radius 2 is 0.549 bits per heavy atom. The minimum Gasteiger partial charge on any atom is -0.462 e. The minimum absolute atomic E-state index is 0.0682. The molecule has 1 atom stereocenters.